The Morgan fingerprint density at radius 1 is 0.771 bits per heavy atom. The number of fused-ring (bicyclic) bond motifs is 5. The minimum atomic E-state index is -0.391. The summed E-state index contributed by atoms with van der Waals surface area (Å²) in [6.07, 6.45) is 18.7. The van der Waals surface area contributed by atoms with Crippen molar-refractivity contribution in [3.05, 3.63) is 0 Å². The number of hydrogen-bond acceptors (Lipinski definition) is 2. The molecule has 202 valence electrons. The van der Waals surface area contributed by atoms with Gasteiger partial charge in [-0.2, -0.15) is 0 Å². The van der Waals surface area contributed by atoms with E-state index in [4.69, 9.17) is 0 Å². The number of hydrogen-bond donors (Lipinski definition) is 2. The Balaban J connectivity index is 1.25. The molecule has 5 aliphatic carbocycles. The third kappa shape index (κ3) is 4.57. The van der Waals surface area contributed by atoms with Gasteiger partial charge in [0.1, 0.15) is 0 Å². The molecule has 1 unspecified atom stereocenters. The molecule has 0 aliphatic heterocycles. The van der Waals surface area contributed by atoms with E-state index in [1.165, 1.54) is 70.6 Å². The molecule has 5 fully saturated rings. The zero-order valence-electron chi connectivity index (χ0n) is 24.1. The largest absolute Gasteiger partial charge is 0.393 e. The first-order chi connectivity index (χ1) is 16.4. The van der Waals surface area contributed by atoms with E-state index in [1.54, 1.807) is 0 Å². The molecular weight excluding hydrogens is 428 g/mol. The molecule has 0 saturated heterocycles. The van der Waals surface area contributed by atoms with Gasteiger partial charge >= 0.3 is 0 Å². The van der Waals surface area contributed by atoms with Gasteiger partial charge in [0.2, 0.25) is 0 Å². The number of rotatable bonds is 5. The predicted octanol–water partition coefficient (Wildman–Crippen LogP) is 8.39. The van der Waals surface area contributed by atoms with Crippen molar-refractivity contribution in [2.75, 3.05) is 0 Å². The summed E-state index contributed by atoms with van der Waals surface area (Å²) in [6, 6.07) is 0. The summed E-state index contributed by atoms with van der Waals surface area (Å²) in [6.45, 7) is 14.7. The number of aliphatic hydroxyl groups excluding tert-OH is 1. The summed E-state index contributed by atoms with van der Waals surface area (Å²) in [5.74, 6) is 5.22. The Morgan fingerprint density at radius 2 is 1.46 bits per heavy atom. The molecule has 0 heterocycles. The fourth-order valence-electron chi connectivity index (χ4n) is 11.1. The van der Waals surface area contributed by atoms with Gasteiger partial charge in [-0.25, -0.2) is 0 Å². The van der Waals surface area contributed by atoms with Crippen molar-refractivity contribution in [1.29, 1.82) is 0 Å². The van der Waals surface area contributed by atoms with Crippen LogP contribution in [0, 0.1) is 57.7 Å². The molecule has 0 aromatic carbocycles. The molecule has 0 spiro atoms. The molecule has 5 rings (SSSR count). The van der Waals surface area contributed by atoms with E-state index in [-0.39, 0.29) is 6.10 Å². The van der Waals surface area contributed by atoms with Crippen molar-refractivity contribution >= 4 is 0 Å². The standard InChI is InChI=1S/C33H58O2/c1-7-33(35)19-18-31(5)24(21-33)8-9-25-27-11-10-26(32(27,6)17-14-28(25)31)22(2)29(34)20-23-12-15-30(3,4)16-13-23/h22-29,34-35H,7-21H2,1-6H3/t22-,24-,25?,26+,27-,28-,29+,31-,32+,33-/m0/s1. The van der Waals surface area contributed by atoms with Crippen molar-refractivity contribution in [1.82, 2.24) is 0 Å². The van der Waals surface area contributed by atoms with Crippen molar-refractivity contribution in [2.24, 2.45) is 57.7 Å². The summed E-state index contributed by atoms with van der Waals surface area (Å²) in [4.78, 5) is 0. The van der Waals surface area contributed by atoms with Crippen molar-refractivity contribution in [3.63, 3.8) is 0 Å². The normalized spacial score (nSPS) is 49.5. The van der Waals surface area contributed by atoms with E-state index in [9.17, 15) is 10.2 Å². The van der Waals surface area contributed by atoms with E-state index in [0.29, 0.717) is 28.1 Å². The first-order valence-corrected chi connectivity index (χ1v) is 15.8. The quantitative estimate of drug-likeness (QED) is 0.409. The lowest BCUT2D eigenvalue weighted by Crippen LogP contribution is -2.56. The maximum Gasteiger partial charge on any atom is 0.0648 e. The van der Waals surface area contributed by atoms with Gasteiger partial charge in [-0.3, -0.25) is 0 Å². The number of aliphatic hydroxyl groups is 2. The Kier molecular flexibility index (Phi) is 7.04. The highest BCUT2D eigenvalue weighted by Gasteiger charge is 2.61. The average Bonchev–Trinajstić information content (AvgIpc) is 3.17. The van der Waals surface area contributed by atoms with Crippen LogP contribution in [0.3, 0.4) is 0 Å². The third-order valence-corrected chi connectivity index (χ3v) is 13.8. The highest BCUT2D eigenvalue weighted by atomic mass is 16.3. The van der Waals surface area contributed by atoms with Gasteiger partial charge in [0.05, 0.1) is 11.7 Å². The van der Waals surface area contributed by atoms with Gasteiger partial charge in [0.25, 0.3) is 0 Å². The third-order valence-electron chi connectivity index (χ3n) is 13.8. The monoisotopic (exact) mass is 486 g/mol. The minimum Gasteiger partial charge on any atom is -0.393 e. The molecule has 2 heteroatoms. The van der Waals surface area contributed by atoms with E-state index < -0.39 is 5.60 Å². The maximum absolute atomic E-state index is 11.4. The predicted molar refractivity (Wildman–Crippen MR) is 146 cm³/mol. The molecule has 0 amide bonds. The van der Waals surface area contributed by atoms with Gasteiger partial charge in [-0.05, 0) is 154 Å². The van der Waals surface area contributed by atoms with Gasteiger partial charge in [0, 0.05) is 0 Å². The zero-order valence-corrected chi connectivity index (χ0v) is 24.1. The van der Waals surface area contributed by atoms with Gasteiger partial charge < -0.3 is 10.2 Å². The molecule has 0 aromatic rings. The van der Waals surface area contributed by atoms with Crippen LogP contribution in [0.2, 0.25) is 0 Å². The Bertz CT molecular complexity index is 750. The van der Waals surface area contributed by atoms with Crippen molar-refractivity contribution in [2.45, 2.75) is 150 Å². The van der Waals surface area contributed by atoms with E-state index in [0.717, 1.165) is 55.3 Å². The second-order valence-electron chi connectivity index (χ2n) is 15.9. The first-order valence-electron chi connectivity index (χ1n) is 15.8. The SMILES string of the molecule is CC[C@]1(O)CC[C@@]2(C)[C@@H](CCC3[C@@H]2CC[C@]2(C)[C@@H]([C@H](C)[C@H](O)CC4CCC(C)(C)CC4)CC[C@@H]32)C1. The summed E-state index contributed by atoms with van der Waals surface area (Å²) in [5.41, 5.74) is 1.00. The Hall–Kier alpha value is -0.0800. The van der Waals surface area contributed by atoms with Crippen LogP contribution in [0.25, 0.3) is 0 Å². The minimum absolute atomic E-state index is 0.113. The second-order valence-corrected chi connectivity index (χ2v) is 15.9. The second kappa shape index (κ2) is 9.29. The van der Waals surface area contributed by atoms with Crippen LogP contribution in [-0.2, 0) is 0 Å². The van der Waals surface area contributed by atoms with E-state index >= 15 is 0 Å². The molecule has 2 nitrogen and oxygen atoms in total. The van der Waals surface area contributed by atoms with Crippen LogP contribution in [-0.4, -0.2) is 21.9 Å². The Morgan fingerprint density at radius 3 is 2.14 bits per heavy atom. The summed E-state index contributed by atoms with van der Waals surface area (Å²) < 4.78 is 0. The lowest BCUT2D eigenvalue weighted by atomic mass is 9.43. The highest BCUT2D eigenvalue weighted by molar-refractivity contribution is 5.11. The van der Waals surface area contributed by atoms with Crippen LogP contribution in [0.4, 0.5) is 0 Å². The molecule has 2 N–H and O–H groups in total. The fourth-order valence-corrected chi connectivity index (χ4v) is 11.1. The fraction of sp³-hybridized carbons (Fsp3) is 1.00. The molecule has 5 aliphatic rings. The van der Waals surface area contributed by atoms with Crippen LogP contribution in [0.5, 0.6) is 0 Å². The molecule has 10 atom stereocenters. The highest BCUT2D eigenvalue weighted by Crippen LogP contribution is 2.69. The molecular formula is C33H58O2. The first kappa shape index (κ1) is 26.5. The van der Waals surface area contributed by atoms with Gasteiger partial charge in [-0.1, -0.05) is 41.5 Å². The van der Waals surface area contributed by atoms with Crippen LogP contribution >= 0.6 is 0 Å². The summed E-state index contributed by atoms with van der Waals surface area (Å²) in [7, 11) is 0. The van der Waals surface area contributed by atoms with Crippen LogP contribution in [0.15, 0.2) is 0 Å². The average molecular weight is 487 g/mol. The maximum atomic E-state index is 11.4. The molecule has 0 aromatic heterocycles. The Labute approximate surface area is 217 Å². The van der Waals surface area contributed by atoms with Gasteiger partial charge in [-0.15, -0.1) is 0 Å². The van der Waals surface area contributed by atoms with E-state index in [1.807, 2.05) is 0 Å². The lowest BCUT2D eigenvalue weighted by molar-refractivity contribution is -0.154. The zero-order chi connectivity index (χ0) is 25.2. The van der Waals surface area contributed by atoms with Crippen molar-refractivity contribution in [3.8, 4) is 0 Å². The summed E-state index contributed by atoms with van der Waals surface area (Å²) >= 11 is 0. The summed E-state index contributed by atoms with van der Waals surface area (Å²) in [5, 5.41) is 22.5. The van der Waals surface area contributed by atoms with Crippen LogP contribution < -0.4 is 0 Å². The van der Waals surface area contributed by atoms with E-state index in [2.05, 4.69) is 41.5 Å². The lowest BCUT2D eigenvalue weighted by Gasteiger charge is -2.62. The molecule has 0 bridgehead atoms. The molecule has 5 saturated carbocycles. The van der Waals surface area contributed by atoms with Crippen LogP contribution in [0.1, 0.15) is 138 Å². The smallest absolute Gasteiger partial charge is 0.0648 e. The van der Waals surface area contributed by atoms with Gasteiger partial charge in [0.15, 0.2) is 0 Å². The molecule has 35 heavy (non-hydrogen) atoms. The molecule has 0 radical (unpaired) electrons. The van der Waals surface area contributed by atoms with Crippen molar-refractivity contribution < 1.29 is 10.2 Å². The topological polar surface area (TPSA) is 40.5 Å².